The Kier molecular flexibility index (Phi) is 6.42. The van der Waals surface area contributed by atoms with Crippen molar-refractivity contribution in [3.05, 3.63) is 93.4 Å². The van der Waals surface area contributed by atoms with Gasteiger partial charge in [0.25, 0.3) is 0 Å². The molecule has 2 aliphatic rings. The number of nitrogens with two attached hydrogens (primary N) is 1. The van der Waals surface area contributed by atoms with Crippen molar-refractivity contribution in [2.24, 2.45) is 5.73 Å². The highest BCUT2D eigenvalue weighted by atomic mass is 35.5. The number of nitrogens with zero attached hydrogens (tertiary/aromatic N) is 4. The van der Waals surface area contributed by atoms with Gasteiger partial charge in [-0.1, -0.05) is 77.2 Å². The Morgan fingerprint density at radius 3 is 2.65 bits per heavy atom. The van der Waals surface area contributed by atoms with Gasteiger partial charge < -0.3 is 5.73 Å². The van der Waals surface area contributed by atoms with E-state index in [4.69, 9.17) is 17.3 Å². The second-order valence-corrected chi connectivity index (χ2v) is 10.6. The second kappa shape index (κ2) is 9.63. The molecule has 0 bridgehead atoms. The molecule has 2 aromatic carbocycles. The average Bonchev–Trinajstić information content (AvgIpc) is 3.32. The van der Waals surface area contributed by atoms with Gasteiger partial charge >= 0.3 is 0 Å². The molecule has 1 unspecified atom stereocenters. The number of allylic oxidation sites excluding steroid dienone is 3. The van der Waals surface area contributed by atoms with Gasteiger partial charge in [-0.05, 0) is 36.1 Å². The number of hydrogen-bond donors (Lipinski definition) is 1. The van der Waals surface area contributed by atoms with Crippen LogP contribution in [0.2, 0.25) is 5.02 Å². The molecule has 1 atom stereocenters. The van der Waals surface area contributed by atoms with Gasteiger partial charge in [-0.2, -0.15) is 5.26 Å². The van der Waals surface area contributed by atoms with Crippen molar-refractivity contribution < 1.29 is 4.79 Å². The monoisotopic (exact) mass is 505 g/mol. The van der Waals surface area contributed by atoms with Gasteiger partial charge in [0, 0.05) is 28.5 Å². The third-order valence-electron chi connectivity index (χ3n) is 5.91. The van der Waals surface area contributed by atoms with Crippen molar-refractivity contribution in [3.63, 3.8) is 0 Å². The summed E-state index contributed by atoms with van der Waals surface area (Å²) in [6.07, 6.45) is 1.85. The number of hydrogen-bond acceptors (Lipinski definition) is 8. The Morgan fingerprint density at radius 2 is 1.91 bits per heavy atom. The number of carbonyl (C=O) groups excluding carboxylic acids is 1. The number of nitriles is 1. The summed E-state index contributed by atoms with van der Waals surface area (Å²) in [5.41, 5.74) is 10.4. The molecule has 2 heterocycles. The summed E-state index contributed by atoms with van der Waals surface area (Å²) in [6, 6.07) is 19.7. The van der Waals surface area contributed by atoms with Crippen LogP contribution >= 0.6 is 34.7 Å². The maximum absolute atomic E-state index is 13.2. The number of benzene rings is 2. The summed E-state index contributed by atoms with van der Waals surface area (Å²) in [4.78, 5) is 14.9. The molecule has 1 aliphatic carbocycles. The van der Waals surface area contributed by atoms with E-state index >= 15 is 0 Å². The van der Waals surface area contributed by atoms with Crippen molar-refractivity contribution in [1.29, 1.82) is 5.26 Å². The first kappa shape index (κ1) is 22.7. The van der Waals surface area contributed by atoms with E-state index in [-0.39, 0.29) is 5.78 Å². The number of Topliss-reactive ketones (excluding diaryl/α,β-unsaturated/α-hetero) is 1. The summed E-state index contributed by atoms with van der Waals surface area (Å²) in [5, 5.41) is 20.0. The van der Waals surface area contributed by atoms with Crippen LogP contribution in [0.15, 0.2) is 81.6 Å². The highest BCUT2D eigenvalue weighted by Crippen LogP contribution is 2.47. The highest BCUT2D eigenvalue weighted by molar-refractivity contribution is 8.00. The third-order valence-corrected chi connectivity index (χ3v) is 8.27. The molecule has 3 aromatic rings. The van der Waals surface area contributed by atoms with Crippen LogP contribution in [0.25, 0.3) is 0 Å². The quantitative estimate of drug-likeness (QED) is 0.438. The van der Waals surface area contributed by atoms with Gasteiger partial charge in [-0.25, -0.2) is 0 Å². The van der Waals surface area contributed by atoms with E-state index in [2.05, 4.69) is 28.4 Å². The molecule has 9 heteroatoms. The number of halogens is 1. The lowest BCUT2D eigenvalue weighted by Gasteiger charge is -2.38. The molecule has 1 aromatic heterocycles. The maximum Gasteiger partial charge on any atom is 0.219 e. The Labute approximate surface area is 210 Å². The SMILES string of the molecule is N#CC1=C(N)N(c2nnc(SCc3ccccc3)s2)C2=C(C(=O)CCC2)C1c1ccc(Cl)cc1. The molecule has 0 fully saturated rings. The lowest BCUT2D eigenvalue weighted by molar-refractivity contribution is -0.116. The van der Waals surface area contributed by atoms with E-state index in [1.807, 2.05) is 30.3 Å². The first-order valence-electron chi connectivity index (χ1n) is 10.8. The van der Waals surface area contributed by atoms with Crippen LogP contribution in [-0.4, -0.2) is 16.0 Å². The largest absolute Gasteiger partial charge is 0.384 e. The van der Waals surface area contributed by atoms with Crippen molar-refractivity contribution >= 4 is 45.6 Å². The van der Waals surface area contributed by atoms with Gasteiger partial charge in [0.05, 0.1) is 17.6 Å². The van der Waals surface area contributed by atoms with Crippen molar-refractivity contribution in [3.8, 4) is 6.07 Å². The van der Waals surface area contributed by atoms with E-state index in [1.54, 1.807) is 28.8 Å². The fourth-order valence-corrected chi connectivity index (χ4v) is 6.33. The number of anilines is 1. The second-order valence-electron chi connectivity index (χ2n) is 7.99. The number of thioether (sulfide) groups is 1. The van der Waals surface area contributed by atoms with E-state index in [1.165, 1.54) is 16.9 Å². The zero-order valence-electron chi connectivity index (χ0n) is 18.1. The molecule has 5 rings (SSSR count). The van der Waals surface area contributed by atoms with Crippen LogP contribution in [0.3, 0.4) is 0 Å². The Morgan fingerprint density at radius 1 is 1.15 bits per heavy atom. The lowest BCUT2D eigenvalue weighted by Crippen LogP contribution is -2.38. The van der Waals surface area contributed by atoms with Gasteiger partial charge in [0.15, 0.2) is 10.1 Å². The van der Waals surface area contributed by atoms with Crippen molar-refractivity contribution in [1.82, 2.24) is 10.2 Å². The first-order chi connectivity index (χ1) is 16.6. The van der Waals surface area contributed by atoms with Gasteiger partial charge in [-0.15, -0.1) is 10.2 Å². The van der Waals surface area contributed by atoms with E-state index < -0.39 is 5.92 Å². The van der Waals surface area contributed by atoms with Gasteiger partial charge in [-0.3, -0.25) is 9.69 Å². The molecular weight excluding hydrogens is 486 g/mol. The topological polar surface area (TPSA) is 95.9 Å². The third kappa shape index (κ3) is 4.23. The molecule has 6 nitrogen and oxygen atoms in total. The van der Waals surface area contributed by atoms with Crippen LogP contribution in [0.1, 0.15) is 36.3 Å². The van der Waals surface area contributed by atoms with Crippen LogP contribution in [0.4, 0.5) is 5.13 Å². The molecule has 0 saturated heterocycles. The minimum atomic E-state index is -0.513. The molecule has 170 valence electrons. The molecule has 0 amide bonds. The fraction of sp³-hybridized carbons (Fsp3) is 0.200. The molecule has 0 saturated carbocycles. The predicted molar refractivity (Wildman–Crippen MR) is 135 cm³/mol. The zero-order chi connectivity index (χ0) is 23.7. The van der Waals surface area contributed by atoms with Crippen LogP contribution in [-0.2, 0) is 10.5 Å². The predicted octanol–water partition coefficient (Wildman–Crippen LogP) is 5.79. The summed E-state index contributed by atoms with van der Waals surface area (Å²) >= 11 is 9.09. The summed E-state index contributed by atoms with van der Waals surface area (Å²) in [7, 11) is 0. The standard InChI is InChI=1S/C25H20ClN5OS2/c26-17-11-9-16(10-12-17)21-18(13-27)23(28)31(19-7-4-8-20(32)22(19)21)24-29-30-25(34-24)33-14-15-5-2-1-3-6-15/h1-3,5-6,9-12,21H,4,7-8,14,28H2. The van der Waals surface area contributed by atoms with Crippen LogP contribution in [0, 0.1) is 11.3 Å². The van der Waals surface area contributed by atoms with Crippen LogP contribution in [0.5, 0.6) is 0 Å². The number of carbonyl (C=O) groups is 1. The normalized spacial score (nSPS) is 18.2. The number of aromatic nitrogens is 2. The molecule has 2 N–H and O–H groups in total. The molecule has 0 radical (unpaired) electrons. The van der Waals surface area contributed by atoms with E-state index in [9.17, 15) is 10.1 Å². The van der Waals surface area contributed by atoms with Gasteiger partial charge in [0.2, 0.25) is 5.13 Å². The lowest BCUT2D eigenvalue weighted by atomic mass is 9.76. The number of ketones is 1. The van der Waals surface area contributed by atoms with Crippen molar-refractivity contribution in [2.75, 3.05) is 4.90 Å². The van der Waals surface area contributed by atoms with E-state index in [0.29, 0.717) is 40.0 Å². The van der Waals surface area contributed by atoms with Gasteiger partial charge in [0.1, 0.15) is 5.82 Å². The minimum absolute atomic E-state index is 0.0367. The Balaban J connectivity index is 1.54. The fourth-order valence-electron chi connectivity index (χ4n) is 4.36. The smallest absolute Gasteiger partial charge is 0.219 e. The van der Waals surface area contributed by atoms with Crippen LogP contribution < -0.4 is 10.6 Å². The highest BCUT2D eigenvalue weighted by Gasteiger charge is 2.41. The first-order valence-corrected chi connectivity index (χ1v) is 13.0. The summed E-state index contributed by atoms with van der Waals surface area (Å²) in [5.74, 6) is 0.595. The minimum Gasteiger partial charge on any atom is -0.384 e. The average molecular weight is 506 g/mol. The molecule has 0 spiro atoms. The Bertz CT molecular complexity index is 1340. The maximum atomic E-state index is 13.2. The summed E-state index contributed by atoms with van der Waals surface area (Å²) in [6.45, 7) is 0. The zero-order valence-corrected chi connectivity index (χ0v) is 20.5. The summed E-state index contributed by atoms with van der Waals surface area (Å²) < 4.78 is 0.800. The molecule has 1 aliphatic heterocycles. The Hall–Kier alpha value is -3.12. The van der Waals surface area contributed by atoms with Crippen molar-refractivity contribution in [2.45, 2.75) is 35.3 Å². The van der Waals surface area contributed by atoms with E-state index in [0.717, 1.165) is 27.8 Å². The number of rotatable bonds is 5. The molecular formula is C25H20ClN5OS2. The molecule has 34 heavy (non-hydrogen) atoms.